The summed E-state index contributed by atoms with van der Waals surface area (Å²) in [4.78, 5) is 21.9. The Balaban J connectivity index is 2.12. The highest BCUT2D eigenvalue weighted by molar-refractivity contribution is 8.27. The van der Waals surface area contributed by atoms with Gasteiger partial charge in [0.1, 0.15) is 0 Å². The van der Waals surface area contributed by atoms with Crippen LogP contribution in [0.3, 0.4) is 0 Å². The van der Waals surface area contributed by atoms with Crippen LogP contribution in [-0.4, -0.2) is 27.3 Å². The summed E-state index contributed by atoms with van der Waals surface area (Å²) in [7, 11) is 0. The molecular weight excluding hydrogens is 212 g/mol. The van der Waals surface area contributed by atoms with Gasteiger partial charge in [-0.25, -0.2) is 0 Å². The van der Waals surface area contributed by atoms with Gasteiger partial charge < -0.3 is 4.74 Å². The van der Waals surface area contributed by atoms with Gasteiger partial charge in [-0.15, -0.1) is 11.6 Å². The van der Waals surface area contributed by atoms with Gasteiger partial charge in [-0.3, -0.25) is 9.59 Å². The summed E-state index contributed by atoms with van der Waals surface area (Å²) in [6.45, 7) is 0. The second-order valence-electron chi connectivity index (χ2n) is 3.69. The Morgan fingerprint density at radius 1 is 1.46 bits per heavy atom. The molecule has 0 saturated carbocycles. The average molecular weight is 219 g/mol. The topological polar surface area (TPSA) is 43.4 Å². The van der Waals surface area contributed by atoms with Crippen molar-refractivity contribution in [2.45, 2.75) is 29.9 Å². The van der Waals surface area contributed by atoms with Crippen molar-refractivity contribution in [3.63, 3.8) is 0 Å². The molecule has 0 N–H and O–H groups in total. The fraction of sp³-hybridized carbons (Fsp3) is 0.750. The summed E-state index contributed by atoms with van der Waals surface area (Å²) in [6, 6.07) is 0. The van der Waals surface area contributed by atoms with E-state index in [1.807, 2.05) is 0 Å². The largest absolute Gasteiger partial charge is 0.372 e. The van der Waals surface area contributed by atoms with Crippen molar-refractivity contribution in [2.75, 3.05) is 0 Å². The number of hydrogen-bond donors (Lipinski definition) is 0. The number of hydrogen-bond acceptors (Lipinski definition) is 4. The van der Waals surface area contributed by atoms with E-state index in [2.05, 4.69) is 0 Å². The molecule has 3 fully saturated rings. The molecule has 5 heteroatoms. The lowest BCUT2D eigenvalue weighted by molar-refractivity contribution is -0.118. The van der Waals surface area contributed by atoms with Gasteiger partial charge in [0.25, 0.3) is 0 Å². The first-order valence-electron chi connectivity index (χ1n) is 4.24. The minimum atomic E-state index is -1.02. The quantitative estimate of drug-likeness (QED) is 0.568. The van der Waals surface area contributed by atoms with Crippen LogP contribution in [0, 0.1) is 5.92 Å². The molecule has 3 heterocycles. The Kier molecular flexibility index (Phi) is 1.46. The molecule has 0 aromatic rings. The summed E-state index contributed by atoms with van der Waals surface area (Å²) in [6.07, 6.45) is 1.35. The van der Waals surface area contributed by atoms with Crippen LogP contribution in [0.25, 0.3) is 0 Å². The van der Waals surface area contributed by atoms with Gasteiger partial charge in [-0.05, 0) is 24.6 Å². The zero-order chi connectivity index (χ0) is 9.22. The second kappa shape index (κ2) is 2.30. The van der Waals surface area contributed by atoms with E-state index in [4.69, 9.17) is 16.3 Å². The number of thioether (sulfide) groups is 1. The van der Waals surface area contributed by atoms with Gasteiger partial charge in [-0.2, -0.15) is 0 Å². The van der Waals surface area contributed by atoms with Gasteiger partial charge in [0, 0.05) is 0 Å². The molecule has 2 bridgehead atoms. The molecule has 3 rings (SSSR count). The summed E-state index contributed by atoms with van der Waals surface area (Å²) in [5, 5.41) is -0.316. The van der Waals surface area contributed by atoms with E-state index in [1.54, 1.807) is 0 Å². The molecule has 0 unspecified atom stereocenters. The first-order valence-corrected chi connectivity index (χ1v) is 5.44. The Labute approximate surface area is 84.1 Å². The molecule has 3 nitrogen and oxygen atoms in total. The molecule has 0 spiro atoms. The Hall–Kier alpha value is -0.0600. The second-order valence-corrected chi connectivity index (χ2v) is 5.30. The smallest absolute Gasteiger partial charge is 0.220 e. The highest BCUT2D eigenvalue weighted by atomic mass is 35.5. The van der Waals surface area contributed by atoms with Crippen molar-refractivity contribution < 1.29 is 14.3 Å². The third kappa shape index (κ3) is 0.778. The van der Waals surface area contributed by atoms with E-state index in [-0.39, 0.29) is 28.4 Å². The predicted octanol–water partition coefficient (Wildman–Crippen LogP) is 0.941. The predicted molar refractivity (Wildman–Crippen MR) is 47.6 cm³/mol. The highest BCUT2D eigenvalue weighted by Gasteiger charge is 2.69. The van der Waals surface area contributed by atoms with Crippen molar-refractivity contribution >= 4 is 33.6 Å². The zero-order valence-electron chi connectivity index (χ0n) is 6.66. The fourth-order valence-electron chi connectivity index (χ4n) is 2.50. The van der Waals surface area contributed by atoms with Crippen LogP contribution in [0.2, 0.25) is 0 Å². The standard InChI is InChI=1S/C8H7ClO3S/c9-8-4-2-1-3(12-4)5(8)6(10)13-7(8)11/h3-5H,1-2H2/t3-,4+,5+,8-/m0/s1. The molecule has 3 aliphatic heterocycles. The first-order chi connectivity index (χ1) is 6.14. The van der Waals surface area contributed by atoms with E-state index in [1.165, 1.54) is 0 Å². The Bertz CT molecular complexity index is 319. The highest BCUT2D eigenvalue weighted by Crippen LogP contribution is 2.57. The van der Waals surface area contributed by atoms with Crippen molar-refractivity contribution in [3.8, 4) is 0 Å². The number of rotatable bonds is 0. The lowest BCUT2D eigenvalue weighted by Crippen LogP contribution is -2.44. The molecule has 0 amide bonds. The molecule has 70 valence electrons. The molecule has 0 aromatic heterocycles. The summed E-state index contributed by atoms with van der Waals surface area (Å²) >= 11 is 6.96. The maximum Gasteiger partial charge on any atom is 0.220 e. The number of carbonyl (C=O) groups excluding carboxylic acids is 2. The van der Waals surface area contributed by atoms with Crippen molar-refractivity contribution in [1.82, 2.24) is 0 Å². The molecule has 0 aromatic carbocycles. The number of fused-ring (bicyclic) bond motifs is 5. The van der Waals surface area contributed by atoms with Crippen LogP contribution in [0.5, 0.6) is 0 Å². The molecule has 0 aliphatic carbocycles. The maximum atomic E-state index is 11.5. The third-order valence-corrected chi connectivity index (χ3v) is 4.85. The SMILES string of the molecule is O=C1SC(=O)[C@]2(Cl)[C@H]3CC[C@H](O3)[C@H]12. The van der Waals surface area contributed by atoms with Crippen molar-refractivity contribution in [1.29, 1.82) is 0 Å². The minimum Gasteiger partial charge on any atom is -0.372 e. The summed E-state index contributed by atoms with van der Waals surface area (Å²) < 4.78 is 5.50. The van der Waals surface area contributed by atoms with Gasteiger partial charge in [0.05, 0.1) is 18.1 Å². The van der Waals surface area contributed by atoms with Gasteiger partial charge >= 0.3 is 0 Å². The minimum absolute atomic E-state index is 0.103. The van der Waals surface area contributed by atoms with Crippen LogP contribution in [-0.2, 0) is 14.3 Å². The number of halogens is 1. The molecule has 3 aliphatic rings. The molecular formula is C8H7ClO3S. The molecule has 0 radical (unpaired) electrons. The lowest BCUT2D eigenvalue weighted by atomic mass is 9.80. The van der Waals surface area contributed by atoms with Crippen molar-refractivity contribution in [3.05, 3.63) is 0 Å². The molecule has 4 atom stereocenters. The van der Waals surface area contributed by atoms with E-state index in [0.717, 1.165) is 24.6 Å². The van der Waals surface area contributed by atoms with E-state index in [9.17, 15) is 9.59 Å². The van der Waals surface area contributed by atoms with E-state index < -0.39 is 4.87 Å². The Morgan fingerprint density at radius 3 is 2.92 bits per heavy atom. The van der Waals surface area contributed by atoms with Crippen LogP contribution in [0.1, 0.15) is 12.8 Å². The molecule has 13 heavy (non-hydrogen) atoms. The number of carbonyl (C=O) groups is 2. The average Bonchev–Trinajstić information content (AvgIpc) is 2.66. The van der Waals surface area contributed by atoms with Crippen molar-refractivity contribution in [2.24, 2.45) is 5.92 Å². The van der Waals surface area contributed by atoms with Crippen LogP contribution in [0.4, 0.5) is 0 Å². The van der Waals surface area contributed by atoms with Crippen LogP contribution >= 0.6 is 23.4 Å². The summed E-state index contributed by atoms with van der Waals surface area (Å²) in [5.41, 5.74) is 0. The first kappa shape index (κ1) is 8.26. The van der Waals surface area contributed by atoms with Gasteiger partial charge in [-0.1, -0.05) is 0 Å². The van der Waals surface area contributed by atoms with Crippen LogP contribution in [0.15, 0.2) is 0 Å². The number of alkyl halides is 1. The fourth-order valence-corrected chi connectivity index (χ4v) is 4.15. The normalized spacial score (nSPS) is 53.2. The van der Waals surface area contributed by atoms with E-state index in [0.29, 0.717) is 0 Å². The van der Waals surface area contributed by atoms with Gasteiger partial charge in [0.15, 0.2) is 4.87 Å². The lowest BCUT2D eigenvalue weighted by Gasteiger charge is -2.25. The third-order valence-electron chi connectivity index (χ3n) is 3.11. The van der Waals surface area contributed by atoms with Crippen LogP contribution < -0.4 is 0 Å². The monoisotopic (exact) mass is 218 g/mol. The number of ether oxygens (including phenoxy) is 1. The summed E-state index contributed by atoms with van der Waals surface area (Å²) in [5.74, 6) is -0.384. The molecule has 3 saturated heterocycles. The Morgan fingerprint density at radius 2 is 2.23 bits per heavy atom. The zero-order valence-corrected chi connectivity index (χ0v) is 8.23. The van der Waals surface area contributed by atoms with Gasteiger partial charge in [0.2, 0.25) is 10.2 Å². The maximum absolute atomic E-state index is 11.5. The van der Waals surface area contributed by atoms with E-state index >= 15 is 0 Å².